The van der Waals surface area contributed by atoms with Crippen molar-refractivity contribution in [2.45, 2.75) is 6.42 Å². The maximum Gasteiger partial charge on any atom is 0.185 e. The van der Waals surface area contributed by atoms with Gasteiger partial charge in [0, 0.05) is 20.3 Å². The quantitative estimate of drug-likeness (QED) is 0.305. The Bertz CT molecular complexity index is 124. The second kappa shape index (κ2) is 8.29. The molecule has 0 aliphatic rings. The second-order valence-electron chi connectivity index (χ2n) is 2.27. The molecule has 0 amide bonds. The minimum Gasteiger partial charge on any atom is -0.382 e. The third kappa shape index (κ3) is 9.19. The van der Waals surface area contributed by atoms with Crippen molar-refractivity contribution in [3.63, 3.8) is 0 Å². The van der Waals surface area contributed by atoms with E-state index in [9.17, 15) is 0 Å². The van der Waals surface area contributed by atoms with Crippen LogP contribution in [0.1, 0.15) is 6.42 Å². The van der Waals surface area contributed by atoms with Crippen LogP contribution in [0.5, 0.6) is 0 Å². The van der Waals surface area contributed by atoms with E-state index < -0.39 is 0 Å². The van der Waals surface area contributed by atoms with E-state index in [1.165, 1.54) is 0 Å². The van der Waals surface area contributed by atoms with Gasteiger partial charge in [-0.2, -0.15) is 0 Å². The third-order valence-corrected chi connectivity index (χ3v) is 1.17. The van der Waals surface area contributed by atoms with Crippen LogP contribution < -0.4 is 11.5 Å². The van der Waals surface area contributed by atoms with Gasteiger partial charge >= 0.3 is 0 Å². The topological polar surface area (TPSA) is 82.9 Å². The lowest BCUT2D eigenvalue weighted by atomic mass is 10.5. The Labute approximate surface area is 72.7 Å². The molecule has 72 valence electrons. The first-order valence-corrected chi connectivity index (χ1v) is 3.89. The Morgan fingerprint density at radius 2 is 2.00 bits per heavy atom. The molecular weight excluding hydrogens is 158 g/mol. The fourth-order valence-electron chi connectivity index (χ4n) is 0.619. The van der Waals surface area contributed by atoms with Crippen LogP contribution in [0, 0.1) is 0 Å². The van der Waals surface area contributed by atoms with E-state index >= 15 is 0 Å². The number of hydrogen-bond acceptors (Lipinski definition) is 3. The van der Waals surface area contributed by atoms with Gasteiger partial charge in [0.15, 0.2) is 5.96 Å². The number of rotatable bonds is 7. The van der Waals surface area contributed by atoms with E-state index in [0.29, 0.717) is 26.4 Å². The van der Waals surface area contributed by atoms with E-state index in [1.54, 1.807) is 7.11 Å². The molecule has 5 nitrogen and oxygen atoms in total. The summed E-state index contributed by atoms with van der Waals surface area (Å²) in [7, 11) is 1.64. The number of nitrogens with zero attached hydrogens (tertiary/aromatic N) is 1. The van der Waals surface area contributed by atoms with Crippen LogP contribution in [0.2, 0.25) is 0 Å². The molecular formula is C7H17N3O2. The van der Waals surface area contributed by atoms with E-state index in [-0.39, 0.29) is 5.96 Å². The summed E-state index contributed by atoms with van der Waals surface area (Å²) in [6, 6.07) is 0. The van der Waals surface area contributed by atoms with Crippen molar-refractivity contribution >= 4 is 5.96 Å². The number of ether oxygens (including phenoxy) is 2. The first-order chi connectivity index (χ1) is 5.77. The van der Waals surface area contributed by atoms with E-state index in [2.05, 4.69) is 4.99 Å². The molecule has 0 saturated carbocycles. The first-order valence-electron chi connectivity index (χ1n) is 3.89. The summed E-state index contributed by atoms with van der Waals surface area (Å²) < 4.78 is 9.97. The first kappa shape index (κ1) is 11.2. The van der Waals surface area contributed by atoms with Crippen LogP contribution >= 0.6 is 0 Å². The van der Waals surface area contributed by atoms with E-state index in [4.69, 9.17) is 20.9 Å². The van der Waals surface area contributed by atoms with Crippen molar-refractivity contribution in [3.05, 3.63) is 0 Å². The van der Waals surface area contributed by atoms with Crippen molar-refractivity contribution in [2.75, 3.05) is 33.5 Å². The lowest BCUT2D eigenvalue weighted by Crippen LogP contribution is -2.23. The predicted octanol–water partition coefficient (Wildman–Crippen LogP) is -0.687. The largest absolute Gasteiger partial charge is 0.382 e. The Balaban J connectivity index is 2.96. The van der Waals surface area contributed by atoms with Crippen LogP contribution in [-0.4, -0.2) is 39.4 Å². The van der Waals surface area contributed by atoms with E-state index in [0.717, 1.165) is 6.42 Å². The Hall–Kier alpha value is -0.810. The molecule has 0 atom stereocenters. The van der Waals surface area contributed by atoms with Gasteiger partial charge in [0.25, 0.3) is 0 Å². The standard InChI is InChI=1S/C7H17N3O2/c1-11-5-6-12-4-2-3-10-7(8)9/h2-6H2,1H3,(H4,8,9,10). The van der Waals surface area contributed by atoms with Crippen LogP contribution in [0.3, 0.4) is 0 Å². The predicted molar refractivity (Wildman–Crippen MR) is 48.0 cm³/mol. The average molecular weight is 175 g/mol. The smallest absolute Gasteiger partial charge is 0.185 e. The van der Waals surface area contributed by atoms with Gasteiger partial charge in [0.1, 0.15) is 0 Å². The molecule has 0 aliphatic carbocycles. The van der Waals surface area contributed by atoms with Crippen LogP contribution in [0.25, 0.3) is 0 Å². The maximum absolute atomic E-state index is 5.18. The van der Waals surface area contributed by atoms with Gasteiger partial charge in [-0.05, 0) is 6.42 Å². The van der Waals surface area contributed by atoms with Crippen LogP contribution in [0.15, 0.2) is 4.99 Å². The highest BCUT2D eigenvalue weighted by Crippen LogP contribution is 1.83. The van der Waals surface area contributed by atoms with Crippen molar-refractivity contribution < 1.29 is 9.47 Å². The molecule has 0 aromatic heterocycles. The fraction of sp³-hybridized carbons (Fsp3) is 0.857. The Kier molecular flexibility index (Phi) is 7.73. The summed E-state index contributed by atoms with van der Waals surface area (Å²) in [5.74, 6) is 0.131. The summed E-state index contributed by atoms with van der Waals surface area (Å²) in [4.78, 5) is 3.80. The summed E-state index contributed by atoms with van der Waals surface area (Å²) in [6.45, 7) is 2.54. The molecule has 0 aliphatic heterocycles. The van der Waals surface area contributed by atoms with E-state index in [1.807, 2.05) is 0 Å². The SMILES string of the molecule is COCCOCCCN=C(N)N. The molecule has 0 bridgehead atoms. The Morgan fingerprint density at radius 3 is 2.58 bits per heavy atom. The van der Waals surface area contributed by atoms with Crippen LogP contribution in [-0.2, 0) is 9.47 Å². The lowest BCUT2D eigenvalue weighted by Gasteiger charge is -2.01. The Morgan fingerprint density at radius 1 is 1.25 bits per heavy atom. The molecule has 0 unspecified atom stereocenters. The summed E-state index contributed by atoms with van der Waals surface area (Å²) in [5.41, 5.74) is 10.2. The minimum absolute atomic E-state index is 0.131. The van der Waals surface area contributed by atoms with Crippen molar-refractivity contribution in [1.82, 2.24) is 0 Å². The summed E-state index contributed by atoms with van der Waals surface area (Å²) in [6.07, 6.45) is 0.835. The van der Waals surface area contributed by atoms with Gasteiger partial charge < -0.3 is 20.9 Å². The number of aliphatic imine (C=N–C) groups is 1. The summed E-state index contributed by atoms with van der Waals surface area (Å²) >= 11 is 0. The van der Waals surface area contributed by atoms with Gasteiger partial charge in [-0.3, -0.25) is 4.99 Å². The lowest BCUT2D eigenvalue weighted by molar-refractivity contribution is 0.0702. The summed E-state index contributed by atoms with van der Waals surface area (Å²) in [5, 5.41) is 0. The zero-order chi connectivity index (χ0) is 9.23. The van der Waals surface area contributed by atoms with Crippen molar-refractivity contribution in [1.29, 1.82) is 0 Å². The molecule has 0 fully saturated rings. The molecule has 4 N–H and O–H groups in total. The number of guanidine groups is 1. The molecule has 0 radical (unpaired) electrons. The van der Waals surface area contributed by atoms with Gasteiger partial charge in [-0.25, -0.2) is 0 Å². The number of hydrogen-bond donors (Lipinski definition) is 2. The van der Waals surface area contributed by atoms with Crippen LogP contribution in [0.4, 0.5) is 0 Å². The van der Waals surface area contributed by atoms with Gasteiger partial charge in [0.2, 0.25) is 0 Å². The highest BCUT2D eigenvalue weighted by Gasteiger charge is 1.87. The minimum atomic E-state index is 0.131. The highest BCUT2D eigenvalue weighted by atomic mass is 16.5. The zero-order valence-electron chi connectivity index (χ0n) is 7.45. The molecule has 0 saturated heterocycles. The normalized spacial score (nSPS) is 9.75. The maximum atomic E-state index is 5.18. The zero-order valence-corrected chi connectivity index (χ0v) is 7.45. The average Bonchev–Trinajstić information content (AvgIpc) is 2.02. The molecule has 0 aromatic rings. The fourth-order valence-corrected chi connectivity index (χ4v) is 0.619. The molecule has 12 heavy (non-hydrogen) atoms. The molecule has 0 rings (SSSR count). The molecule has 0 aromatic carbocycles. The van der Waals surface area contributed by atoms with Gasteiger partial charge in [0.05, 0.1) is 13.2 Å². The number of methoxy groups -OCH3 is 1. The number of nitrogens with two attached hydrogens (primary N) is 2. The molecule has 0 spiro atoms. The van der Waals surface area contributed by atoms with Gasteiger partial charge in [-0.1, -0.05) is 0 Å². The third-order valence-electron chi connectivity index (χ3n) is 1.17. The monoisotopic (exact) mass is 175 g/mol. The second-order valence-corrected chi connectivity index (χ2v) is 2.27. The van der Waals surface area contributed by atoms with Crippen molar-refractivity contribution in [3.8, 4) is 0 Å². The van der Waals surface area contributed by atoms with Crippen molar-refractivity contribution in [2.24, 2.45) is 16.5 Å². The molecule has 0 heterocycles. The highest BCUT2D eigenvalue weighted by molar-refractivity contribution is 5.75. The van der Waals surface area contributed by atoms with Gasteiger partial charge in [-0.15, -0.1) is 0 Å². The molecule has 5 heteroatoms.